The van der Waals surface area contributed by atoms with Gasteiger partial charge in [0.05, 0.1) is 0 Å². The fourth-order valence-corrected chi connectivity index (χ4v) is 5.84. The van der Waals surface area contributed by atoms with Crippen LogP contribution in [-0.2, 0) is 28.6 Å². The van der Waals surface area contributed by atoms with Crippen molar-refractivity contribution in [2.75, 3.05) is 13.2 Å². The maximum Gasteiger partial charge on any atom is 0.306 e. The number of hydrogen-bond donors (Lipinski definition) is 0. The third-order valence-corrected chi connectivity index (χ3v) is 9.21. The van der Waals surface area contributed by atoms with Crippen LogP contribution in [0.15, 0.2) is 97.2 Å². The zero-order chi connectivity index (χ0) is 41.5. The monoisotopic (exact) mass is 791 g/mol. The largest absolute Gasteiger partial charge is 0.462 e. The van der Waals surface area contributed by atoms with E-state index in [-0.39, 0.29) is 31.6 Å². The average molecular weight is 791 g/mol. The Morgan fingerprint density at radius 1 is 0.386 bits per heavy atom. The van der Waals surface area contributed by atoms with Gasteiger partial charge in [-0.25, -0.2) is 0 Å². The SMILES string of the molecule is CC\C=C/C=C\C=C/C=C\C=C/CCCC(=O)OC(COC(=O)CCCC/C=C\C/C=C\C/C=C\CC)COC(=O)CCCCCCCCCCCCCCCC. The van der Waals surface area contributed by atoms with Gasteiger partial charge in [-0.3, -0.25) is 14.4 Å². The second kappa shape index (κ2) is 45.0. The maximum atomic E-state index is 12.7. The molecule has 6 heteroatoms. The van der Waals surface area contributed by atoms with Crippen LogP contribution < -0.4 is 0 Å². The van der Waals surface area contributed by atoms with Gasteiger partial charge in [0.1, 0.15) is 13.2 Å². The van der Waals surface area contributed by atoms with Gasteiger partial charge in [-0.2, -0.15) is 0 Å². The molecule has 0 heterocycles. The first-order chi connectivity index (χ1) is 28.0. The van der Waals surface area contributed by atoms with Crippen LogP contribution in [0.25, 0.3) is 0 Å². The molecule has 0 aromatic rings. The van der Waals surface area contributed by atoms with Crippen LogP contribution in [0.5, 0.6) is 0 Å². The number of carbonyl (C=O) groups is 3. The van der Waals surface area contributed by atoms with Gasteiger partial charge in [-0.1, -0.05) is 201 Å². The van der Waals surface area contributed by atoms with Crippen molar-refractivity contribution < 1.29 is 28.6 Å². The molecule has 0 rings (SSSR count). The summed E-state index contributed by atoms with van der Waals surface area (Å²) in [5.74, 6) is -1.04. The van der Waals surface area contributed by atoms with Crippen molar-refractivity contribution in [3.63, 3.8) is 0 Å². The van der Waals surface area contributed by atoms with Crippen LogP contribution in [-0.4, -0.2) is 37.2 Å². The van der Waals surface area contributed by atoms with Crippen molar-refractivity contribution in [1.82, 2.24) is 0 Å². The molecule has 0 aromatic carbocycles. The zero-order valence-electron chi connectivity index (χ0n) is 36.6. The molecule has 322 valence electrons. The number of ether oxygens (including phenoxy) is 3. The van der Waals surface area contributed by atoms with Crippen molar-refractivity contribution in [2.24, 2.45) is 0 Å². The molecule has 1 atom stereocenters. The van der Waals surface area contributed by atoms with E-state index < -0.39 is 12.1 Å². The van der Waals surface area contributed by atoms with Crippen molar-refractivity contribution in [1.29, 1.82) is 0 Å². The molecule has 0 fully saturated rings. The lowest BCUT2D eigenvalue weighted by molar-refractivity contribution is -0.167. The van der Waals surface area contributed by atoms with Crippen molar-refractivity contribution in [3.05, 3.63) is 97.2 Å². The summed E-state index contributed by atoms with van der Waals surface area (Å²) in [5.41, 5.74) is 0. The topological polar surface area (TPSA) is 78.9 Å². The smallest absolute Gasteiger partial charge is 0.306 e. The van der Waals surface area contributed by atoms with Gasteiger partial charge in [0, 0.05) is 19.3 Å². The lowest BCUT2D eigenvalue weighted by atomic mass is 10.0. The summed E-state index contributed by atoms with van der Waals surface area (Å²) in [6.07, 6.45) is 58.3. The molecule has 0 aliphatic carbocycles. The maximum absolute atomic E-state index is 12.7. The highest BCUT2D eigenvalue weighted by molar-refractivity contribution is 5.71. The quantitative estimate of drug-likeness (QED) is 0.0203. The van der Waals surface area contributed by atoms with Gasteiger partial charge in [0.15, 0.2) is 6.10 Å². The second-order valence-corrected chi connectivity index (χ2v) is 14.7. The fourth-order valence-electron chi connectivity index (χ4n) is 5.84. The lowest BCUT2D eigenvalue weighted by Crippen LogP contribution is -2.30. The van der Waals surface area contributed by atoms with Crippen molar-refractivity contribution in [2.45, 2.75) is 194 Å². The van der Waals surface area contributed by atoms with E-state index in [0.29, 0.717) is 25.7 Å². The molecular weight excluding hydrogens is 709 g/mol. The van der Waals surface area contributed by atoms with Crippen LogP contribution in [0.4, 0.5) is 0 Å². The first-order valence-corrected chi connectivity index (χ1v) is 22.8. The first kappa shape index (κ1) is 53.3. The van der Waals surface area contributed by atoms with Crippen LogP contribution in [0.1, 0.15) is 188 Å². The van der Waals surface area contributed by atoms with E-state index in [2.05, 4.69) is 63.3 Å². The molecule has 0 aromatic heterocycles. The number of unbranched alkanes of at least 4 members (excludes halogenated alkanes) is 16. The van der Waals surface area contributed by atoms with E-state index in [1.165, 1.54) is 70.6 Å². The summed E-state index contributed by atoms with van der Waals surface area (Å²) in [6, 6.07) is 0. The Bertz CT molecular complexity index is 1180. The Balaban J connectivity index is 4.55. The van der Waals surface area contributed by atoms with Crippen molar-refractivity contribution in [3.8, 4) is 0 Å². The molecular formula is C51H82O6. The lowest BCUT2D eigenvalue weighted by Gasteiger charge is -2.18. The standard InChI is InChI=1S/C51H82O6/c1-4-7-10-13-16-19-22-25-27-29-32-35-38-41-44-50(53)56-47-48(46-55-49(52)43-40-37-34-31-28-24-21-18-15-12-9-6-3)57-51(54)45-42-39-36-33-30-26-23-20-17-14-11-8-5-2/h8-9,11-12,14,17-18,20-21,23,26,28,30-31,33,36,48H,4-7,10,13,15-16,19,22,24-25,27,29,32,34-35,37-47H2,1-3H3/b11-8-,12-9-,17-14-,21-18-,23-20-,30-26-,31-28-,36-33-. The molecule has 0 saturated heterocycles. The number of allylic oxidation sites excluding steroid dienone is 16. The highest BCUT2D eigenvalue weighted by atomic mass is 16.6. The van der Waals surface area contributed by atoms with E-state index >= 15 is 0 Å². The summed E-state index contributed by atoms with van der Waals surface area (Å²) < 4.78 is 16.6. The predicted octanol–water partition coefficient (Wildman–Crippen LogP) is 14.6. The minimum absolute atomic E-state index is 0.118. The Labute approximate surface area is 349 Å². The molecule has 0 N–H and O–H groups in total. The highest BCUT2D eigenvalue weighted by Crippen LogP contribution is 2.14. The third kappa shape index (κ3) is 43.3. The van der Waals surface area contributed by atoms with Gasteiger partial charge >= 0.3 is 17.9 Å². The van der Waals surface area contributed by atoms with Gasteiger partial charge in [-0.05, 0) is 64.2 Å². The minimum atomic E-state index is -0.827. The van der Waals surface area contributed by atoms with E-state index in [1.807, 2.05) is 54.7 Å². The Kier molecular flexibility index (Phi) is 42.1. The van der Waals surface area contributed by atoms with E-state index in [9.17, 15) is 14.4 Å². The first-order valence-electron chi connectivity index (χ1n) is 22.8. The predicted molar refractivity (Wildman–Crippen MR) is 242 cm³/mol. The molecule has 0 spiro atoms. The molecule has 0 saturated carbocycles. The summed E-state index contributed by atoms with van der Waals surface area (Å²) in [4.78, 5) is 37.7. The van der Waals surface area contributed by atoms with E-state index in [4.69, 9.17) is 14.2 Å². The fraction of sp³-hybridized carbons (Fsp3) is 0.627. The van der Waals surface area contributed by atoms with E-state index in [0.717, 1.165) is 64.2 Å². The van der Waals surface area contributed by atoms with Gasteiger partial charge in [0.25, 0.3) is 0 Å². The summed E-state index contributed by atoms with van der Waals surface area (Å²) in [5, 5.41) is 0. The van der Waals surface area contributed by atoms with Crippen LogP contribution in [0.3, 0.4) is 0 Å². The van der Waals surface area contributed by atoms with Gasteiger partial charge < -0.3 is 14.2 Å². The Morgan fingerprint density at radius 2 is 0.789 bits per heavy atom. The number of hydrogen-bond acceptors (Lipinski definition) is 6. The normalized spacial score (nSPS) is 13.0. The molecule has 6 nitrogen and oxygen atoms in total. The van der Waals surface area contributed by atoms with E-state index in [1.54, 1.807) is 0 Å². The number of carbonyl (C=O) groups excluding carboxylic acids is 3. The van der Waals surface area contributed by atoms with Crippen LogP contribution in [0, 0.1) is 0 Å². The van der Waals surface area contributed by atoms with Crippen LogP contribution >= 0.6 is 0 Å². The second-order valence-electron chi connectivity index (χ2n) is 14.7. The highest BCUT2D eigenvalue weighted by Gasteiger charge is 2.19. The van der Waals surface area contributed by atoms with Crippen molar-refractivity contribution >= 4 is 17.9 Å². The number of rotatable bonds is 39. The average Bonchev–Trinajstić information content (AvgIpc) is 3.21. The molecule has 0 amide bonds. The zero-order valence-corrected chi connectivity index (χ0v) is 36.6. The summed E-state index contributed by atoms with van der Waals surface area (Å²) in [6.45, 7) is 6.25. The summed E-state index contributed by atoms with van der Waals surface area (Å²) >= 11 is 0. The minimum Gasteiger partial charge on any atom is -0.462 e. The Morgan fingerprint density at radius 3 is 1.32 bits per heavy atom. The van der Waals surface area contributed by atoms with Gasteiger partial charge in [0.2, 0.25) is 0 Å². The van der Waals surface area contributed by atoms with Gasteiger partial charge in [-0.15, -0.1) is 0 Å². The molecule has 0 aliphatic rings. The molecule has 1 unspecified atom stereocenters. The van der Waals surface area contributed by atoms with Crippen LogP contribution in [0.2, 0.25) is 0 Å². The third-order valence-electron chi connectivity index (χ3n) is 9.21. The summed E-state index contributed by atoms with van der Waals surface area (Å²) in [7, 11) is 0. The number of esters is 3. The molecule has 0 bridgehead atoms. The Hall–Kier alpha value is -3.67. The molecule has 0 radical (unpaired) electrons. The molecule has 0 aliphatic heterocycles. The molecule has 57 heavy (non-hydrogen) atoms.